The van der Waals surface area contributed by atoms with E-state index in [-0.39, 0.29) is 0 Å². The van der Waals surface area contributed by atoms with Crippen LogP contribution in [0.2, 0.25) is 0 Å². The van der Waals surface area contributed by atoms with Crippen LogP contribution >= 0.6 is 0 Å². The first-order chi connectivity index (χ1) is 12.1. The molecule has 2 rings (SSSR count). The van der Waals surface area contributed by atoms with Crippen molar-refractivity contribution >= 4 is 27.3 Å². The molecule has 0 aromatic heterocycles. The van der Waals surface area contributed by atoms with Gasteiger partial charge >= 0.3 is 0 Å². The fourth-order valence-corrected chi connectivity index (χ4v) is 3.96. The Kier molecular flexibility index (Phi) is 5.92. The molecule has 2 aromatic carbocycles. The third-order valence-corrected chi connectivity index (χ3v) is 5.37. The number of aryl methyl sites for hydroxylation is 2. The number of carbonyl (C=O) groups excluding carboxylic acids is 1. The maximum Gasteiger partial charge on any atom is 0.248 e. The van der Waals surface area contributed by atoms with Crippen LogP contribution in [-0.2, 0) is 14.8 Å². The van der Waals surface area contributed by atoms with Crippen molar-refractivity contribution in [3.8, 4) is 5.75 Å². The number of amides is 1. The molecule has 6 nitrogen and oxygen atoms in total. The quantitative estimate of drug-likeness (QED) is 0.840. The number of rotatable bonds is 6. The van der Waals surface area contributed by atoms with Gasteiger partial charge in [-0.15, -0.1) is 0 Å². The molecular weight excluding hydrogens is 352 g/mol. The van der Waals surface area contributed by atoms with Gasteiger partial charge in [0.1, 0.15) is 11.8 Å². The molecule has 1 amide bonds. The maximum atomic E-state index is 12.8. The van der Waals surface area contributed by atoms with Gasteiger partial charge in [-0.3, -0.25) is 9.10 Å². The summed E-state index contributed by atoms with van der Waals surface area (Å²) in [6, 6.07) is 11.4. The van der Waals surface area contributed by atoms with Crippen molar-refractivity contribution in [3.05, 3.63) is 53.6 Å². The highest BCUT2D eigenvalue weighted by atomic mass is 32.2. The van der Waals surface area contributed by atoms with Gasteiger partial charge in [0.25, 0.3) is 0 Å². The van der Waals surface area contributed by atoms with Crippen LogP contribution in [0.4, 0.5) is 11.4 Å². The van der Waals surface area contributed by atoms with Crippen LogP contribution in [0.1, 0.15) is 18.1 Å². The van der Waals surface area contributed by atoms with Gasteiger partial charge < -0.3 is 10.1 Å². The van der Waals surface area contributed by atoms with E-state index in [1.54, 1.807) is 31.2 Å². The van der Waals surface area contributed by atoms with E-state index in [1.807, 2.05) is 32.0 Å². The molecule has 0 bridgehead atoms. The highest BCUT2D eigenvalue weighted by molar-refractivity contribution is 7.92. The molecule has 0 aliphatic heterocycles. The van der Waals surface area contributed by atoms with E-state index in [0.29, 0.717) is 17.1 Å². The van der Waals surface area contributed by atoms with Gasteiger partial charge in [-0.2, -0.15) is 0 Å². The Balaban J connectivity index is 2.38. The van der Waals surface area contributed by atoms with Crippen molar-refractivity contribution in [2.45, 2.75) is 26.8 Å². The molecule has 0 unspecified atom stereocenters. The molecule has 140 valence electrons. The van der Waals surface area contributed by atoms with Crippen LogP contribution in [0.15, 0.2) is 42.5 Å². The normalized spacial score (nSPS) is 12.3. The molecule has 0 aliphatic carbocycles. The molecular formula is C19H24N2O4S. The van der Waals surface area contributed by atoms with Crippen LogP contribution in [0.25, 0.3) is 0 Å². The van der Waals surface area contributed by atoms with Crippen molar-refractivity contribution in [2.75, 3.05) is 23.0 Å². The summed E-state index contributed by atoms with van der Waals surface area (Å²) in [6.07, 6.45) is 1.08. The van der Waals surface area contributed by atoms with Crippen LogP contribution in [-0.4, -0.2) is 33.7 Å². The minimum Gasteiger partial charge on any atom is -0.497 e. The Labute approximate surface area is 154 Å². The molecule has 1 N–H and O–H groups in total. The molecule has 0 fully saturated rings. The van der Waals surface area contributed by atoms with Gasteiger partial charge in [-0.25, -0.2) is 8.42 Å². The van der Waals surface area contributed by atoms with E-state index in [1.165, 1.54) is 7.11 Å². The monoisotopic (exact) mass is 376 g/mol. The molecule has 0 saturated heterocycles. The van der Waals surface area contributed by atoms with Gasteiger partial charge in [0, 0.05) is 11.8 Å². The fourth-order valence-electron chi connectivity index (χ4n) is 2.80. The SMILES string of the molecule is COc1cccc(N([C@H](C)C(=O)Nc2c(C)cccc2C)S(C)(=O)=O)c1. The van der Waals surface area contributed by atoms with Crippen LogP contribution in [0.3, 0.4) is 0 Å². The summed E-state index contributed by atoms with van der Waals surface area (Å²) in [7, 11) is -2.18. The number of ether oxygens (including phenoxy) is 1. The molecule has 1 atom stereocenters. The van der Waals surface area contributed by atoms with Crippen molar-refractivity contribution in [1.29, 1.82) is 0 Å². The first-order valence-electron chi connectivity index (χ1n) is 8.15. The second-order valence-corrected chi connectivity index (χ2v) is 8.05. The van der Waals surface area contributed by atoms with Crippen LogP contribution < -0.4 is 14.4 Å². The van der Waals surface area contributed by atoms with Crippen LogP contribution in [0, 0.1) is 13.8 Å². The largest absolute Gasteiger partial charge is 0.497 e. The van der Waals surface area contributed by atoms with Gasteiger partial charge in [0.15, 0.2) is 0 Å². The predicted octanol–water partition coefficient (Wildman–Crippen LogP) is 3.11. The van der Waals surface area contributed by atoms with E-state index in [9.17, 15) is 13.2 Å². The van der Waals surface area contributed by atoms with Crippen molar-refractivity contribution < 1.29 is 17.9 Å². The topological polar surface area (TPSA) is 75.7 Å². The van der Waals surface area contributed by atoms with Gasteiger partial charge in [-0.05, 0) is 44.0 Å². The number of nitrogens with one attached hydrogen (secondary N) is 1. The van der Waals surface area contributed by atoms with Crippen LogP contribution in [0.5, 0.6) is 5.75 Å². The first-order valence-corrected chi connectivity index (χ1v) is 10.0. The number of anilines is 2. The molecule has 0 aliphatic rings. The summed E-state index contributed by atoms with van der Waals surface area (Å²) in [5, 5.41) is 2.85. The molecule has 0 spiro atoms. The number of para-hydroxylation sites is 1. The Morgan fingerprint density at radius 1 is 1.12 bits per heavy atom. The minimum absolute atomic E-state index is 0.371. The van der Waals surface area contributed by atoms with Gasteiger partial charge in [0.2, 0.25) is 15.9 Å². The highest BCUT2D eigenvalue weighted by Crippen LogP contribution is 2.26. The summed E-state index contributed by atoms with van der Waals surface area (Å²) in [4.78, 5) is 12.8. The molecule has 0 radical (unpaired) electrons. The smallest absolute Gasteiger partial charge is 0.248 e. The Hall–Kier alpha value is -2.54. The minimum atomic E-state index is -3.68. The summed E-state index contributed by atoms with van der Waals surface area (Å²) in [6.45, 7) is 5.34. The Morgan fingerprint density at radius 3 is 2.23 bits per heavy atom. The number of hydrogen-bond acceptors (Lipinski definition) is 4. The number of hydrogen-bond donors (Lipinski definition) is 1. The zero-order valence-electron chi connectivity index (χ0n) is 15.6. The summed E-state index contributed by atoms with van der Waals surface area (Å²) in [5.41, 5.74) is 2.90. The lowest BCUT2D eigenvalue weighted by molar-refractivity contribution is -0.116. The molecule has 26 heavy (non-hydrogen) atoms. The maximum absolute atomic E-state index is 12.8. The number of sulfonamides is 1. The van der Waals surface area contributed by atoms with E-state index < -0.39 is 22.0 Å². The fraction of sp³-hybridized carbons (Fsp3) is 0.316. The Bertz CT molecular complexity index is 889. The summed E-state index contributed by atoms with van der Waals surface area (Å²) < 4.78 is 31.0. The molecule has 2 aromatic rings. The summed E-state index contributed by atoms with van der Waals surface area (Å²) >= 11 is 0. The average molecular weight is 376 g/mol. The van der Waals surface area contributed by atoms with E-state index in [2.05, 4.69) is 5.32 Å². The lowest BCUT2D eigenvalue weighted by atomic mass is 10.1. The first kappa shape index (κ1) is 19.8. The van der Waals surface area contributed by atoms with E-state index in [4.69, 9.17) is 4.74 Å². The third-order valence-electron chi connectivity index (χ3n) is 4.13. The molecule has 7 heteroatoms. The average Bonchev–Trinajstić information content (AvgIpc) is 2.57. The van der Waals surface area contributed by atoms with E-state index >= 15 is 0 Å². The predicted molar refractivity (Wildman–Crippen MR) is 104 cm³/mol. The van der Waals surface area contributed by atoms with E-state index in [0.717, 1.165) is 21.7 Å². The van der Waals surface area contributed by atoms with Crippen molar-refractivity contribution in [2.24, 2.45) is 0 Å². The molecule has 0 heterocycles. The van der Waals surface area contributed by atoms with Gasteiger partial charge in [0.05, 0.1) is 19.1 Å². The van der Waals surface area contributed by atoms with Gasteiger partial charge in [-0.1, -0.05) is 24.3 Å². The lowest BCUT2D eigenvalue weighted by Crippen LogP contribution is -2.45. The molecule has 0 saturated carbocycles. The summed E-state index contributed by atoms with van der Waals surface area (Å²) in [5.74, 6) is 0.106. The number of nitrogens with zero attached hydrogens (tertiary/aromatic N) is 1. The second kappa shape index (κ2) is 7.78. The highest BCUT2D eigenvalue weighted by Gasteiger charge is 2.29. The second-order valence-electron chi connectivity index (χ2n) is 6.19. The number of benzene rings is 2. The van der Waals surface area contributed by atoms with Crippen molar-refractivity contribution in [3.63, 3.8) is 0 Å². The lowest BCUT2D eigenvalue weighted by Gasteiger charge is -2.28. The van der Waals surface area contributed by atoms with Crippen molar-refractivity contribution in [1.82, 2.24) is 0 Å². The Morgan fingerprint density at radius 2 is 1.69 bits per heavy atom. The third kappa shape index (κ3) is 4.35. The standard InChI is InChI=1S/C19H24N2O4S/c1-13-8-6-9-14(2)18(13)20-19(22)15(3)21(26(5,23)24)16-10-7-11-17(12-16)25-4/h6-12,15H,1-5H3,(H,20,22)/t15-/m1/s1. The zero-order valence-corrected chi connectivity index (χ0v) is 16.4. The number of carbonyl (C=O) groups is 1. The number of methoxy groups -OCH3 is 1. The zero-order chi connectivity index (χ0) is 19.5.